The van der Waals surface area contributed by atoms with E-state index in [1.165, 1.54) is 0 Å². The number of ether oxygens (including phenoxy) is 2. The van der Waals surface area contributed by atoms with Gasteiger partial charge in [0.2, 0.25) is 0 Å². The van der Waals surface area contributed by atoms with Gasteiger partial charge in [0.25, 0.3) is 0 Å². The fourth-order valence-electron chi connectivity index (χ4n) is 2.37. The first kappa shape index (κ1) is 12.9. The highest BCUT2D eigenvalue weighted by atomic mass is 16.5. The van der Waals surface area contributed by atoms with E-state index in [2.05, 4.69) is 0 Å². The molecule has 2 rings (SSSR count). The number of nitrogens with two attached hydrogens (primary N) is 1. The SMILES string of the molecule is COc1cc(OC)cc(C(=O)C2(CN)CCC2)c1. The van der Waals surface area contributed by atoms with Crippen LogP contribution < -0.4 is 15.2 Å². The van der Waals surface area contributed by atoms with E-state index < -0.39 is 0 Å². The molecule has 1 aliphatic rings. The summed E-state index contributed by atoms with van der Waals surface area (Å²) in [4.78, 5) is 12.5. The van der Waals surface area contributed by atoms with Gasteiger partial charge >= 0.3 is 0 Å². The summed E-state index contributed by atoms with van der Waals surface area (Å²) in [6.07, 6.45) is 2.83. The van der Waals surface area contributed by atoms with Crippen molar-refractivity contribution in [2.75, 3.05) is 20.8 Å². The van der Waals surface area contributed by atoms with Crippen LogP contribution in [0.3, 0.4) is 0 Å². The zero-order valence-electron chi connectivity index (χ0n) is 10.9. The Hall–Kier alpha value is -1.55. The minimum absolute atomic E-state index is 0.105. The van der Waals surface area contributed by atoms with E-state index in [-0.39, 0.29) is 11.2 Å². The smallest absolute Gasteiger partial charge is 0.170 e. The maximum absolute atomic E-state index is 12.5. The van der Waals surface area contributed by atoms with Crippen LogP contribution in [0.4, 0.5) is 0 Å². The maximum Gasteiger partial charge on any atom is 0.170 e. The Labute approximate surface area is 107 Å². The minimum atomic E-state index is -0.364. The van der Waals surface area contributed by atoms with Gasteiger partial charge < -0.3 is 15.2 Å². The maximum atomic E-state index is 12.5. The van der Waals surface area contributed by atoms with Gasteiger partial charge in [0.05, 0.1) is 14.2 Å². The third-order valence-corrected chi connectivity index (χ3v) is 3.80. The van der Waals surface area contributed by atoms with E-state index in [0.29, 0.717) is 23.6 Å². The minimum Gasteiger partial charge on any atom is -0.497 e. The van der Waals surface area contributed by atoms with E-state index in [9.17, 15) is 4.79 Å². The van der Waals surface area contributed by atoms with Gasteiger partial charge in [0, 0.05) is 23.6 Å². The Morgan fingerprint density at radius 1 is 1.22 bits per heavy atom. The second kappa shape index (κ2) is 4.98. The second-order valence-corrected chi connectivity index (χ2v) is 4.77. The number of rotatable bonds is 5. The molecule has 0 aromatic heterocycles. The average molecular weight is 249 g/mol. The number of Topliss-reactive ketones (excluding diaryl/α,β-unsaturated/α-hetero) is 1. The Morgan fingerprint density at radius 3 is 2.11 bits per heavy atom. The number of hydrogen-bond acceptors (Lipinski definition) is 4. The summed E-state index contributed by atoms with van der Waals surface area (Å²) in [5.74, 6) is 1.36. The van der Waals surface area contributed by atoms with Crippen molar-refractivity contribution in [1.29, 1.82) is 0 Å². The first-order valence-corrected chi connectivity index (χ1v) is 6.13. The molecule has 4 heteroatoms. The van der Waals surface area contributed by atoms with Gasteiger partial charge in [-0.1, -0.05) is 6.42 Å². The van der Waals surface area contributed by atoms with Crippen molar-refractivity contribution in [1.82, 2.24) is 0 Å². The van der Waals surface area contributed by atoms with Crippen LogP contribution in [0.1, 0.15) is 29.6 Å². The molecule has 4 nitrogen and oxygen atoms in total. The normalized spacial score (nSPS) is 16.8. The van der Waals surface area contributed by atoms with Gasteiger partial charge in [-0.25, -0.2) is 0 Å². The first-order valence-electron chi connectivity index (χ1n) is 6.13. The lowest BCUT2D eigenvalue weighted by molar-refractivity contribution is 0.0635. The number of carbonyl (C=O) groups excluding carboxylic acids is 1. The standard InChI is InChI=1S/C14H19NO3/c1-17-11-6-10(7-12(8-11)18-2)13(16)14(9-15)4-3-5-14/h6-8H,3-5,9,15H2,1-2H3. The lowest BCUT2D eigenvalue weighted by atomic mass is 9.64. The Balaban J connectivity index is 2.35. The van der Waals surface area contributed by atoms with Crippen molar-refractivity contribution >= 4 is 5.78 Å². The largest absolute Gasteiger partial charge is 0.497 e. The molecule has 0 unspecified atom stereocenters. The van der Waals surface area contributed by atoms with Gasteiger partial charge in [-0.05, 0) is 25.0 Å². The van der Waals surface area contributed by atoms with Crippen molar-refractivity contribution in [3.63, 3.8) is 0 Å². The molecule has 1 saturated carbocycles. The third kappa shape index (κ3) is 2.08. The molecule has 0 heterocycles. The molecule has 0 amide bonds. The fourth-order valence-corrected chi connectivity index (χ4v) is 2.37. The predicted octanol–water partition coefficient (Wildman–Crippen LogP) is 2.02. The summed E-state index contributed by atoms with van der Waals surface area (Å²) in [6.45, 7) is 0.408. The third-order valence-electron chi connectivity index (χ3n) is 3.80. The van der Waals surface area contributed by atoms with Crippen LogP contribution in [0.2, 0.25) is 0 Å². The molecule has 0 bridgehead atoms. The monoisotopic (exact) mass is 249 g/mol. The van der Waals surface area contributed by atoms with Gasteiger partial charge in [0.1, 0.15) is 11.5 Å². The van der Waals surface area contributed by atoms with Crippen molar-refractivity contribution < 1.29 is 14.3 Å². The quantitative estimate of drug-likeness (QED) is 0.811. The molecule has 0 saturated heterocycles. The molecule has 1 aliphatic carbocycles. The molecule has 1 aromatic carbocycles. The van der Waals surface area contributed by atoms with Crippen LogP contribution in [0, 0.1) is 5.41 Å². The van der Waals surface area contributed by atoms with E-state index in [4.69, 9.17) is 15.2 Å². The highest BCUT2D eigenvalue weighted by Gasteiger charge is 2.43. The molecule has 98 valence electrons. The topological polar surface area (TPSA) is 61.5 Å². The highest BCUT2D eigenvalue weighted by Crippen LogP contribution is 2.43. The van der Waals surface area contributed by atoms with Crippen molar-refractivity contribution in [2.45, 2.75) is 19.3 Å². The number of methoxy groups -OCH3 is 2. The zero-order chi connectivity index (χ0) is 13.2. The van der Waals surface area contributed by atoms with Crippen LogP contribution in [-0.4, -0.2) is 26.5 Å². The van der Waals surface area contributed by atoms with Crippen LogP contribution in [-0.2, 0) is 0 Å². The van der Waals surface area contributed by atoms with E-state index in [1.807, 2.05) is 0 Å². The molecular formula is C14H19NO3. The highest BCUT2D eigenvalue weighted by molar-refractivity contribution is 6.02. The molecule has 0 spiro atoms. The molecule has 0 radical (unpaired) electrons. The van der Waals surface area contributed by atoms with Crippen LogP contribution in [0.25, 0.3) is 0 Å². The second-order valence-electron chi connectivity index (χ2n) is 4.77. The number of ketones is 1. The van der Waals surface area contributed by atoms with E-state index in [0.717, 1.165) is 19.3 Å². The molecule has 18 heavy (non-hydrogen) atoms. The van der Waals surface area contributed by atoms with Crippen LogP contribution in [0.5, 0.6) is 11.5 Å². The van der Waals surface area contributed by atoms with Gasteiger partial charge in [-0.15, -0.1) is 0 Å². The summed E-state index contributed by atoms with van der Waals surface area (Å²) in [5.41, 5.74) is 6.02. The Morgan fingerprint density at radius 2 is 1.78 bits per heavy atom. The molecular weight excluding hydrogens is 230 g/mol. The predicted molar refractivity (Wildman–Crippen MR) is 69.2 cm³/mol. The van der Waals surface area contributed by atoms with Gasteiger partial charge in [0.15, 0.2) is 5.78 Å². The van der Waals surface area contributed by atoms with Crippen LogP contribution >= 0.6 is 0 Å². The number of benzene rings is 1. The van der Waals surface area contributed by atoms with E-state index in [1.54, 1.807) is 32.4 Å². The van der Waals surface area contributed by atoms with Gasteiger partial charge in [-0.2, -0.15) is 0 Å². The molecule has 1 fully saturated rings. The Bertz CT molecular complexity index is 425. The Kier molecular flexibility index (Phi) is 3.57. The summed E-state index contributed by atoms with van der Waals surface area (Å²) >= 11 is 0. The first-order chi connectivity index (χ1) is 8.65. The van der Waals surface area contributed by atoms with Crippen molar-refractivity contribution in [3.05, 3.63) is 23.8 Å². The summed E-state index contributed by atoms with van der Waals surface area (Å²) in [6, 6.07) is 5.26. The molecule has 0 atom stereocenters. The molecule has 1 aromatic rings. The zero-order valence-corrected chi connectivity index (χ0v) is 10.9. The van der Waals surface area contributed by atoms with Crippen LogP contribution in [0.15, 0.2) is 18.2 Å². The number of carbonyl (C=O) groups is 1. The van der Waals surface area contributed by atoms with E-state index >= 15 is 0 Å². The number of hydrogen-bond donors (Lipinski definition) is 1. The van der Waals surface area contributed by atoms with Gasteiger partial charge in [-0.3, -0.25) is 4.79 Å². The van der Waals surface area contributed by atoms with Crippen molar-refractivity contribution in [2.24, 2.45) is 11.1 Å². The van der Waals surface area contributed by atoms with Crippen molar-refractivity contribution in [3.8, 4) is 11.5 Å². The molecule has 2 N–H and O–H groups in total. The lowest BCUT2D eigenvalue weighted by Crippen LogP contribution is -2.44. The summed E-state index contributed by atoms with van der Waals surface area (Å²) in [5, 5.41) is 0. The molecule has 0 aliphatic heterocycles. The summed E-state index contributed by atoms with van der Waals surface area (Å²) in [7, 11) is 3.15. The average Bonchev–Trinajstić information content (AvgIpc) is 2.37. The lowest BCUT2D eigenvalue weighted by Gasteiger charge is -2.39. The summed E-state index contributed by atoms with van der Waals surface area (Å²) < 4.78 is 10.4. The fraction of sp³-hybridized carbons (Fsp3) is 0.500.